The molecule has 0 aliphatic heterocycles. The molecule has 0 aromatic carbocycles. The first kappa shape index (κ1) is 10.1. The molecule has 0 saturated carbocycles. The van der Waals surface area contributed by atoms with Gasteiger partial charge in [0, 0.05) is 18.9 Å². The van der Waals surface area contributed by atoms with E-state index in [1.165, 1.54) is 6.20 Å². The van der Waals surface area contributed by atoms with Crippen molar-refractivity contribution in [2.45, 2.75) is 4.90 Å². The first-order chi connectivity index (χ1) is 6.17. The summed E-state index contributed by atoms with van der Waals surface area (Å²) in [6.07, 6.45) is 2.92. The fraction of sp³-hybridized carbons (Fsp3) is 0.375. The van der Waals surface area contributed by atoms with Crippen LogP contribution >= 0.6 is 0 Å². The van der Waals surface area contributed by atoms with Crippen molar-refractivity contribution >= 4 is 9.84 Å². The van der Waals surface area contributed by atoms with E-state index in [2.05, 4.69) is 10.3 Å². The summed E-state index contributed by atoms with van der Waals surface area (Å²) in [6, 6.07) is 3.17. The summed E-state index contributed by atoms with van der Waals surface area (Å²) in [5.41, 5.74) is 0. The van der Waals surface area contributed by atoms with E-state index in [4.69, 9.17) is 0 Å². The number of rotatable bonds is 4. The molecule has 1 aromatic heterocycles. The van der Waals surface area contributed by atoms with Crippen molar-refractivity contribution in [2.75, 3.05) is 19.3 Å². The van der Waals surface area contributed by atoms with E-state index in [-0.39, 0.29) is 10.6 Å². The number of hydrogen-bond acceptors (Lipinski definition) is 4. The molecule has 0 unspecified atom stereocenters. The second-order valence-corrected chi connectivity index (χ2v) is 4.72. The van der Waals surface area contributed by atoms with Crippen LogP contribution in [-0.2, 0) is 9.84 Å². The average molecular weight is 200 g/mol. The molecule has 0 aliphatic carbocycles. The fourth-order valence-electron chi connectivity index (χ4n) is 0.885. The highest BCUT2D eigenvalue weighted by atomic mass is 32.2. The molecular formula is C8H12N2O2S. The lowest BCUT2D eigenvalue weighted by Crippen LogP contribution is -2.19. The van der Waals surface area contributed by atoms with Crippen LogP contribution in [0.2, 0.25) is 0 Å². The van der Waals surface area contributed by atoms with Crippen LogP contribution in [0.3, 0.4) is 0 Å². The van der Waals surface area contributed by atoms with E-state index in [0.717, 1.165) is 0 Å². The molecule has 5 heteroatoms. The Morgan fingerprint density at radius 1 is 1.54 bits per heavy atom. The van der Waals surface area contributed by atoms with Crippen LogP contribution in [0.5, 0.6) is 0 Å². The van der Waals surface area contributed by atoms with Gasteiger partial charge in [0.25, 0.3) is 0 Å². The lowest BCUT2D eigenvalue weighted by molar-refractivity contribution is 0.593. The van der Waals surface area contributed by atoms with Gasteiger partial charge in [0.15, 0.2) is 9.84 Å². The lowest BCUT2D eigenvalue weighted by atomic mass is 10.5. The Morgan fingerprint density at radius 3 is 2.85 bits per heavy atom. The van der Waals surface area contributed by atoms with Crippen LogP contribution in [0.15, 0.2) is 29.4 Å². The summed E-state index contributed by atoms with van der Waals surface area (Å²) in [7, 11) is -1.43. The normalized spacial score (nSPS) is 11.5. The van der Waals surface area contributed by atoms with Gasteiger partial charge < -0.3 is 5.32 Å². The Bertz CT molecular complexity index is 348. The third-order valence-corrected chi connectivity index (χ3v) is 3.32. The molecule has 4 nitrogen and oxygen atoms in total. The largest absolute Gasteiger partial charge is 0.319 e. The van der Waals surface area contributed by atoms with Gasteiger partial charge in [0.1, 0.15) is 0 Å². The molecule has 0 spiro atoms. The molecule has 0 aliphatic rings. The molecule has 0 saturated heterocycles. The molecule has 0 fully saturated rings. The summed E-state index contributed by atoms with van der Waals surface area (Å²) in [6.45, 7) is 0.456. The van der Waals surface area contributed by atoms with Gasteiger partial charge in [-0.3, -0.25) is 4.98 Å². The molecule has 0 amide bonds. The summed E-state index contributed by atoms with van der Waals surface area (Å²) < 4.78 is 23.0. The zero-order valence-corrected chi connectivity index (χ0v) is 8.21. The first-order valence-electron chi connectivity index (χ1n) is 3.94. The van der Waals surface area contributed by atoms with Crippen LogP contribution in [0.4, 0.5) is 0 Å². The van der Waals surface area contributed by atoms with Crippen molar-refractivity contribution < 1.29 is 8.42 Å². The molecule has 1 N–H and O–H groups in total. The number of pyridine rings is 1. The monoisotopic (exact) mass is 200 g/mol. The van der Waals surface area contributed by atoms with Crippen LogP contribution in [0, 0.1) is 0 Å². The smallest absolute Gasteiger partial charge is 0.181 e. The molecule has 1 rings (SSSR count). The van der Waals surface area contributed by atoms with Gasteiger partial charge in [-0.1, -0.05) is 0 Å². The van der Waals surface area contributed by atoms with E-state index in [0.29, 0.717) is 6.54 Å². The van der Waals surface area contributed by atoms with Crippen molar-refractivity contribution in [3.05, 3.63) is 24.5 Å². The predicted molar refractivity (Wildman–Crippen MR) is 50.2 cm³/mol. The highest BCUT2D eigenvalue weighted by Crippen LogP contribution is 2.07. The zero-order valence-electron chi connectivity index (χ0n) is 7.40. The van der Waals surface area contributed by atoms with Gasteiger partial charge in [-0.25, -0.2) is 8.42 Å². The number of sulfone groups is 1. The summed E-state index contributed by atoms with van der Waals surface area (Å²) >= 11 is 0. The maximum Gasteiger partial charge on any atom is 0.181 e. The quantitative estimate of drug-likeness (QED) is 0.747. The standard InChI is InChI=1S/C8H12N2O2S/c1-9-5-6-13(11,12)8-3-2-4-10-7-8/h2-4,7,9H,5-6H2,1H3. The van der Waals surface area contributed by atoms with Crippen LogP contribution < -0.4 is 5.32 Å². The van der Waals surface area contributed by atoms with E-state index in [9.17, 15) is 8.42 Å². The van der Waals surface area contributed by atoms with Crippen molar-refractivity contribution in [1.29, 1.82) is 0 Å². The summed E-state index contributed by atoms with van der Waals surface area (Å²) in [4.78, 5) is 4.04. The van der Waals surface area contributed by atoms with Gasteiger partial charge in [-0.15, -0.1) is 0 Å². The maximum atomic E-state index is 11.5. The fourth-order valence-corrected chi connectivity index (χ4v) is 2.10. The van der Waals surface area contributed by atoms with Gasteiger partial charge >= 0.3 is 0 Å². The molecule has 1 aromatic rings. The van der Waals surface area contributed by atoms with E-state index in [1.807, 2.05) is 0 Å². The van der Waals surface area contributed by atoms with Gasteiger partial charge in [0.2, 0.25) is 0 Å². The first-order valence-corrected chi connectivity index (χ1v) is 5.59. The predicted octanol–water partition coefficient (Wildman–Crippen LogP) is 0.0747. The van der Waals surface area contributed by atoms with Gasteiger partial charge in [-0.05, 0) is 19.2 Å². The van der Waals surface area contributed by atoms with Gasteiger partial charge in [-0.2, -0.15) is 0 Å². The zero-order chi connectivity index (χ0) is 9.73. The molecule has 13 heavy (non-hydrogen) atoms. The Balaban J connectivity index is 2.83. The SMILES string of the molecule is CNCCS(=O)(=O)c1cccnc1. The second-order valence-electron chi connectivity index (χ2n) is 2.61. The molecular weight excluding hydrogens is 188 g/mol. The minimum Gasteiger partial charge on any atom is -0.319 e. The Labute approximate surface area is 77.9 Å². The molecule has 1 heterocycles. The second kappa shape index (κ2) is 4.34. The Hall–Kier alpha value is -0.940. The lowest BCUT2D eigenvalue weighted by Gasteiger charge is -2.02. The molecule has 72 valence electrons. The van der Waals surface area contributed by atoms with Crippen molar-refractivity contribution in [3.8, 4) is 0 Å². The summed E-state index contributed by atoms with van der Waals surface area (Å²) in [5, 5.41) is 2.79. The maximum absolute atomic E-state index is 11.5. The van der Waals surface area contributed by atoms with Crippen LogP contribution in [0.1, 0.15) is 0 Å². The van der Waals surface area contributed by atoms with Crippen molar-refractivity contribution in [1.82, 2.24) is 10.3 Å². The van der Waals surface area contributed by atoms with E-state index < -0.39 is 9.84 Å². The highest BCUT2D eigenvalue weighted by molar-refractivity contribution is 7.91. The number of nitrogens with one attached hydrogen (secondary N) is 1. The minimum absolute atomic E-state index is 0.106. The molecule has 0 bridgehead atoms. The average Bonchev–Trinajstić information content (AvgIpc) is 2.16. The highest BCUT2D eigenvalue weighted by Gasteiger charge is 2.12. The minimum atomic E-state index is -3.15. The van der Waals surface area contributed by atoms with Gasteiger partial charge in [0.05, 0.1) is 10.6 Å². The van der Waals surface area contributed by atoms with E-state index >= 15 is 0 Å². The van der Waals surface area contributed by atoms with Crippen molar-refractivity contribution in [3.63, 3.8) is 0 Å². The van der Waals surface area contributed by atoms with Crippen LogP contribution in [0.25, 0.3) is 0 Å². The summed E-state index contributed by atoms with van der Waals surface area (Å²) in [5.74, 6) is 0.106. The third-order valence-electron chi connectivity index (χ3n) is 1.61. The van der Waals surface area contributed by atoms with Crippen LogP contribution in [-0.4, -0.2) is 32.7 Å². The number of nitrogens with zero attached hydrogens (tertiary/aromatic N) is 1. The topological polar surface area (TPSA) is 59.1 Å². The number of aromatic nitrogens is 1. The molecule has 0 atom stereocenters. The number of hydrogen-bond donors (Lipinski definition) is 1. The Morgan fingerprint density at radius 2 is 2.31 bits per heavy atom. The van der Waals surface area contributed by atoms with E-state index in [1.54, 1.807) is 25.4 Å². The molecule has 0 radical (unpaired) electrons. The van der Waals surface area contributed by atoms with Crippen molar-refractivity contribution in [2.24, 2.45) is 0 Å². The Kier molecular flexibility index (Phi) is 3.39. The third kappa shape index (κ3) is 2.78.